The predicted octanol–water partition coefficient (Wildman–Crippen LogP) is 1.65. The highest BCUT2D eigenvalue weighted by Crippen LogP contribution is 2.16. The Bertz CT molecular complexity index is 1000. The van der Waals surface area contributed by atoms with E-state index in [2.05, 4.69) is 9.71 Å². The zero-order valence-corrected chi connectivity index (χ0v) is 13.7. The number of ether oxygens (including phenoxy) is 1. The molecule has 1 aromatic heterocycles. The summed E-state index contributed by atoms with van der Waals surface area (Å²) in [7, 11) is -2.07. The highest BCUT2D eigenvalue weighted by molar-refractivity contribution is 7.89. The molecule has 126 valence electrons. The van der Waals surface area contributed by atoms with Crippen LogP contribution in [0, 0.1) is 0 Å². The van der Waals surface area contributed by atoms with E-state index in [4.69, 9.17) is 9.15 Å². The second-order valence-corrected chi connectivity index (χ2v) is 6.94. The van der Waals surface area contributed by atoms with Crippen molar-refractivity contribution in [2.75, 3.05) is 13.7 Å². The minimum absolute atomic E-state index is 0.0711. The molecule has 2 aromatic carbocycles. The van der Waals surface area contributed by atoms with E-state index in [-0.39, 0.29) is 11.4 Å². The lowest BCUT2D eigenvalue weighted by molar-refractivity contribution is 0.414. The van der Waals surface area contributed by atoms with Gasteiger partial charge in [0.2, 0.25) is 10.0 Å². The summed E-state index contributed by atoms with van der Waals surface area (Å²) in [5.41, 5.74) is 1.66. The number of benzene rings is 2. The molecule has 7 nitrogen and oxygen atoms in total. The van der Waals surface area contributed by atoms with Gasteiger partial charge in [0.1, 0.15) is 5.75 Å². The first-order chi connectivity index (χ1) is 11.5. The van der Waals surface area contributed by atoms with Crippen LogP contribution in [0.3, 0.4) is 0 Å². The van der Waals surface area contributed by atoms with Crippen LogP contribution in [-0.2, 0) is 16.4 Å². The number of hydrogen-bond donors (Lipinski definition) is 2. The van der Waals surface area contributed by atoms with E-state index in [1.165, 1.54) is 18.2 Å². The molecule has 0 aliphatic rings. The van der Waals surface area contributed by atoms with Gasteiger partial charge in [-0.2, -0.15) is 0 Å². The van der Waals surface area contributed by atoms with Crippen LogP contribution >= 0.6 is 0 Å². The van der Waals surface area contributed by atoms with Gasteiger partial charge in [0, 0.05) is 6.54 Å². The molecule has 8 heteroatoms. The topological polar surface area (TPSA) is 101 Å². The van der Waals surface area contributed by atoms with Crippen molar-refractivity contribution in [3.63, 3.8) is 0 Å². The molecular weight excluding hydrogens is 332 g/mol. The highest BCUT2D eigenvalue weighted by Gasteiger charge is 2.15. The quantitative estimate of drug-likeness (QED) is 0.705. The lowest BCUT2D eigenvalue weighted by atomic mass is 10.1. The van der Waals surface area contributed by atoms with Crippen LogP contribution < -0.4 is 15.2 Å². The molecule has 0 aliphatic heterocycles. The molecule has 0 saturated heterocycles. The Hall–Kier alpha value is -2.58. The Morgan fingerprint density at radius 2 is 1.92 bits per heavy atom. The Morgan fingerprint density at radius 1 is 1.17 bits per heavy atom. The third-order valence-corrected chi connectivity index (χ3v) is 5.02. The monoisotopic (exact) mass is 348 g/mol. The third-order valence-electron chi connectivity index (χ3n) is 3.57. The fourth-order valence-electron chi connectivity index (χ4n) is 2.30. The lowest BCUT2D eigenvalue weighted by Gasteiger charge is -2.07. The molecule has 0 saturated carbocycles. The van der Waals surface area contributed by atoms with Crippen LogP contribution in [0.4, 0.5) is 0 Å². The van der Waals surface area contributed by atoms with E-state index in [1.54, 1.807) is 7.11 Å². The van der Waals surface area contributed by atoms with Crippen LogP contribution in [0.2, 0.25) is 0 Å². The molecule has 0 fully saturated rings. The molecule has 2 N–H and O–H groups in total. The summed E-state index contributed by atoms with van der Waals surface area (Å²) in [5.74, 6) is 0.133. The molecule has 0 spiro atoms. The van der Waals surface area contributed by atoms with E-state index in [0.717, 1.165) is 11.3 Å². The van der Waals surface area contributed by atoms with Gasteiger partial charge in [-0.25, -0.2) is 17.9 Å². The fourth-order valence-corrected chi connectivity index (χ4v) is 3.36. The van der Waals surface area contributed by atoms with Crippen molar-refractivity contribution in [3.05, 3.63) is 58.6 Å². The molecule has 3 aromatic rings. The number of aromatic amines is 1. The van der Waals surface area contributed by atoms with Crippen LogP contribution in [0.25, 0.3) is 11.1 Å². The maximum absolute atomic E-state index is 12.3. The van der Waals surface area contributed by atoms with E-state index in [0.29, 0.717) is 17.5 Å². The molecule has 0 unspecified atom stereocenters. The molecule has 0 bridgehead atoms. The molecule has 24 heavy (non-hydrogen) atoms. The first kappa shape index (κ1) is 16.3. The maximum Gasteiger partial charge on any atom is 0.417 e. The van der Waals surface area contributed by atoms with Crippen molar-refractivity contribution in [1.82, 2.24) is 9.71 Å². The SMILES string of the molecule is COc1ccc(CCNS(=O)(=O)c2ccc3oc(=O)[nH]c3c2)cc1. The largest absolute Gasteiger partial charge is 0.497 e. The van der Waals surface area contributed by atoms with Gasteiger partial charge in [0.15, 0.2) is 5.58 Å². The summed E-state index contributed by atoms with van der Waals surface area (Å²) in [4.78, 5) is 13.6. The minimum Gasteiger partial charge on any atom is -0.497 e. The number of hydrogen-bond acceptors (Lipinski definition) is 5. The van der Waals surface area contributed by atoms with Gasteiger partial charge in [0.05, 0.1) is 17.5 Å². The molecule has 0 amide bonds. The first-order valence-corrected chi connectivity index (χ1v) is 8.72. The summed E-state index contributed by atoms with van der Waals surface area (Å²) in [5, 5.41) is 0. The number of sulfonamides is 1. The normalized spacial score (nSPS) is 11.7. The number of rotatable bonds is 6. The lowest BCUT2D eigenvalue weighted by Crippen LogP contribution is -2.26. The zero-order valence-electron chi connectivity index (χ0n) is 12.9. The smallest absolute Gasteiger partial charge is 0.417 e. The summed E-state index contributed by atoms with van der Waals surface area (Å²) < 4.78 is 37.1. The van der Waals surface area contributed by atoms with Crippen molar-refractivity contribution in [2.45, 2.75) is 11.3 Å². The average molecular weight is 348 g/mol. The fraction of sp³-hybridized carbons (Fsp3) is 0.188. The summed E-state index contributed by atoms with van der Waals surface area (Å²) in [6.45, 7) is 0.259. The van der Waals surface area contributed by atoms with Crippen molar-refractivity contribution in [3.8, 4) is 5.75 Å². The molecular formula is C16H16N2O5S. The number of methoxy groups -OCH3 is 1. The Balaban J connectivity index is 1.68. The standard InChI is InChI=1S/C16H16N2O5S/c1-22-12-4-2-11(3-5-12)8-9-17-24(20,21)13-6-7-15-14(10-13)18-16(19)23-15/h2-7,10,17H,8-9H2,1H3,(H,18,19). The second kappa shape index (κ2) is 6.50. The van der Waals surface area contributed by atoms with Crippen LogP contribution in [0.5, 0.6) is 5.75 Å². The Kier molecular flexibility index (Phi) is 4.41. The van der Waals surface area contributed by atoms with Crippen LogP contribution in [-0.4, -0.2) is 27.1 Å². The minimum atomic E-state index is -3.66. The Labute approximate surface area is 138 Å². The number of fused-ring (bicyclic) bond motifs is 1. The summed E-state index contributed by atoms with van der Waals surface area (Å²) >= 11 is 0. The molecule has 0 atom stereocenters. The number of aromatic nitrogens is 1. The number of nitrogens with one attached hydrogen (secondary N) is 2. The zero-order chi connectivity index (χ0) is 17.2. The number of H-pyrrole nitrogens is 1. The molecule has 3 rings (SSSR count). The van der Waals surface area contributed by atoms with Crippen molar-refractivity contribution in [2.24, 2.45) is 0 Å². The third kappa shape index (κ3) is 3.50. The maximum atomic E-state index is 12.3. The van der Waals surface area contributed by atoms with Gasteiger partial charge in [-0.05, 0) is 42.3 Å². The summed E-state index contributed by atoms with van der Waals surface area (Å²) in [6, 6.07) is 11.6. The average Bonchev–Trinajstić information content (AvgIpc) is 2.94. The molecule has 0 aliphatic carbocycles. The van der Waals surface area contributed by atoms with E-state index in [1.807, 2.05) is 24.3 Å². The second-order valence-electron chi connectivity index (χ2n) is 5.17. The van der Waals surface area contributed by atoms with Crippen LogP contribution in [0.1, 0.15) is 5.56 Å². The predicted molar refractivity (Wildman–Crippen MR) is 88.7 cm³/mol. The van der Waals surface area contributed by atoms with Crippen LogP contribution in [0.15, 0.2) is 56.6 Å². The Morgan fingerprint density at radius 3 is 2.62 bits per heavy atom. The van der Waals surface area contributed by atoms with E-state index >= 15 is 0 Å². The molecule has 1 heterocycles. The highest BCUT2D eigenvalue weighted by atomic mass is 32.2. The van der Waals surface area contributed by atoms with Crippen molar-refractivity contribution >= 4 is 21.1 Å². The van der Waals surface area contributed by atoms with Crippen molar-refractivity contribution in [1.29, 1.82) is 0 Å². The van der Waals surface area contributed by atoms with Gasteiger partial charge < -0.3 is 9.15 Å². The van der Waals surface area contributed by atoms with Gasteiger partial charge >= 0.3 is 5.76 Å². The van der Waals surface area contributed by atoms with Crippen molar-refractivity contribution < 1.29 is 17.6 Å². The number of oxazole rings is 1. The van der Waals surface area contributed by atoms with Gasteiger partial charge in [-0.1, -0.05) is 12.1 Å². The summed E-state index contributed by atoms with van der Waals surface area (Å²) in [6.07, 6.45) is 0.550. The van der Waals surface area contributed by atoms with E-state index < -0.39 is 15.8 Å². The molecule has 0 radical (unpaired) electrons. The van der Waals surface area contributed by atoms with Gasteiger partial charge in [-0.3, -0.25) is 4.98 Å². The van der Waals surface area contributed by atoms with Gasteiger partial charge in [0.25, 0.3) is 0 Å². The first-order valence-electron chi connectivity index (χ1n) is 7.23. The van der Waals surface area contributed by atoms with E-state index in [9.17, 15) is 13.2 Å². The van der Waals surface area contributed by atoms with Gasteiger partial charge in [-0.15, -0.1) is 0 Å².